The van der Waals surface area contributed by atoms with Gasteiger partial charge in [-0.2, -0.15) is 0 Å². The number of nitrogens with two attached hydrogens (primary N) is 1. The van der Waals surface area contributed by atoms with Crippen LogP contribution in [-0.4, -0.2) is 96.3 Å². The van der Waals surface area contributed by atoms with Gasteiger partial charge in [0.15, 0.2) is 11.7 Å². The summed E-state index contributed by atoms with van der Waals surface area (Å²) in [6, 6.07) is 8.16. The Balaban J connectivity index is 1.52. The lowest BCUT2D eigenvalue weighted by Gasteiger charge is -2.52. The fourth-order valence-electron chi connectivity index (χ4n) is 7.67. The van der Waals surface area contributed by atoms with E-state index in [-0.39, 0.29) is 28.7 Å². The number of aromatic hydroxyl groups is 2. The van der Waals surface area contributed by atoms with E-state index in [9.17, 15) is 54.9 Å². The van der Waals surface area contributed by atoms with Gasteiger partial charge in [-0.15, -0.1) is 0 Å². The Labute approximate surface area is 278 Å². The SMILES string of the molecule is CO[C@@]1(C)c2ccc([C@H]3C[C@@H](O)[C@H](O)[C@@H](C)O3)c(O)c2C(O)=C2C(=O)[C@]3(O)C(O)=C(C(N)=O)C(=O)[C@H](OC(=O)c4ccccc4O)[C@@H]3C[C@@H]21. The third-order valence-electron chi connectivity index (χ3n) is 10.4. The van der Waals surface area contributed by atoms with Gasteiger partial charge in [0.25, 0.3) is 5.91 Å². The summed E-state index contributed by atoms with van der Waals surface area (Å²) in [5.41, 5.74) is -1.48. The van der Waals surface area contributed by atoms with E-state index in [2.05, 4.69) is 0 Å². The molecular weight excluding hydrogens is 646 g/mol. The molecule has 260 valence electrons. The molecule has 3 aliphatic carbocycles. The van der Waals surface area contributed by atoms with E-state index in [1.165, 1.54) is 57.4 Å². The first-order chi connectivity index (χ1) is 23.0. The van der Waals surface area contributed by atoms with Crippen molar-refractivity contribution < 1.29 is 69.1 Å². The van der Waals surface area contributed by atoms with Crippen LogP contribution in [0.3, 0.4) is 0 Å². The van der Waals surface area contributed by atoms with Gasteiger partial charge in [-0.05, 0) is 38.0 Å². The molecule has 0 spiro atoms. The van der Waals surface area contributed by atoms with Crippen LogP contribution in [0.5, 0.6) is 11.5 Å². The van der Waals surface area contributed by atoms with Crippen molar-refractivity contribution in [1.29, 1.82) is 0 Å². The maximum Gasteiger partial charge on any atom is 0.342 e. The number of hydrogen-bond donors (Lipinski definition) is 8. The number of aliphatic hydroxyl groups is 5. The zero-order chi connectivity index (χ0) is 35.9. The molecule has 6 rings (SSSR count). The van der Waals surface area contributed by atoms with Gasteiger partial charge in [-0.25, -0.2) is 4.79 Å². The number of esters is 1. The maximum atomic E-state index is 14.5. The Morgan fingerprint density at radius 2 is 1.69 bits per heavy atom. The summed E-state index contributed by atoms with van der Waals surface area (Å²) in [6.45, 7) is 3.05. The molecule has 1 amide bonds. The summed E-state index contributed by atoms with van der Waals surface area (Å²) in [5, 5.41) is 77.3. The molecule has 0 bridgehead atoms. The van der Waals surface area contributed by atoms with Crippen molar-refractivity contribution in [3.05, 3.63) is 75.6 Å². The number of aliphatic hydroxyl groups excluding tert-OH is 4. The van der Waals surface area contributed by atoms with Gasteiger partial charge in [0, 0.05) is 36.5 Å². The highest BCUT2D eigenvalue weighted by Crippen LogP contribution is 2.59. The number of carbonyl (C=O) groups excluding carboxylic acids is 4. The monoisotopic (exact) mass is 681 g/mol. The standard InChI is InChI=1S/C34H35NO14/c1-12-24(38)19(37)11-20(48-12)14-8-9-15-21(25(14)39)26(40)22-16(33(15,2)47-3)10-17-28(49-32(45)13-6-4-5-7-18(13)36)27(41)23(31(35)44)30(43)34(17,46)29(22)42/h4-9,12,16-17,19-20,24,28,36-40,43,46H,10-11H2,1-3H3,(H2,35,44)/t12-,16+,17+,19-,20-,24-,28-,33+,34+/m1/s1. The van der Waals surface area contributed by atoms with Crippen molar-refractivity contribution in [2.75, 3.05) is 7.11 Å². The van der Waals surface area contributed by atoms with E-state index in [0.717, 1.165) is 0 Å². The third kappa shape index (κ3) is 4.75. The first-order valence-corrected chi connectivity index (χ1v) is 15.4. The van der Waals surface area contributed by atoms with Gasteiger partial charge in [0.1, 0.15) is 40.3 Å². The highest BCUT2D eigenvalue weighted by Gasteiger charge is 2.67. The van der Waals surface area contributed by atoms with Gasteiger partial charge in [0.05, 0.1) is 29.5 Å². The predicted molar refractivity (Wildman–Crippen MR) is 165 cm³/mol. The van der Waals surface area contributed by atoms with Crippen LogP contribution >= 0.6 is 0 Å². The number of para-hydroxylation sites is 1. The second-order valence-corrected chi connectivity index (χ2v) is 12.9. The van der Waals surface area contributed by atoms with Crippen LogP contribution < -0.4 is 5.73 Å². The molecule has 0 unspecified atom stereocenters. The Kier molecular flexibility index (Phi) is 8.11. The van der Waals surface area contributed by atoms with Crippen molar-refractivity contribution in [2.45, 2.75) is 68.4 Å². The van der Waals surface area contributed by atoms with Crippen LogP contribution in [0.2, 0.25) is 0 Å². The Hall–Kier alpha value is -4.80. The molecule has 15 heteroatoms. The molecule has 2 aromatic rings. The molecule has 49 heavy (non-hydrogen) atoms. The number of benzene rings is 2. The van der Waals surface area contributed by atoms with Crippen LogP contribution in [-0.2, 0) is 34.2 Å². The molecule has 1 aliphatic heterocycles. The smallest absolute Gasteiger partial charge is 0.342 e. The van der Waals surface area contributed by atoms with Gasteiger partial charge in [0.2, 0.25) is 11.6 Å². The highest BCUT2D eigenvalue weighted by molar-refractivity contribution is 6.24. The van der Waals surface area contributed by atoms with Crippen LogP contribution in [0.25, 0.3) is 5.76 Å². The first kappa shape index (κ1) is 34.1. The van der Waals surface area contributed by atoms with Crippen LogP contribution in [0.1, 0.15) is 59.8 Å². The number of Topliss-reactive ketones (excluding diaryl/α,β-unsaturated/α-hetero) is 2. The highest BCUT2D eigenvalue weighted by atomic mass is 16.6. The number of fused-ring (bicyclic) bond motifs is 3. The number of phenols is 2. The number of ketones is 2. The van der Waals surface area contributed by atoms with Gasteiger partial charge >= 0.3 is 5.97 Å². The van der Waals surface area contributed by atoms with Crippen molar-refractivity contribution >= 4 is 29.2 Å². The summed E-state index contributed by atoms with van der Waals surface area (Å²) >= 11 is 0. The molecule has 9 N–H and O–H groups in total. The van der Waals surface area contributed by atoms with Crippen LogP contribution in [0, 0.1) is 11.8 Å². The number of ether oxygens (including phenoxy) is 3. The zero-order valence-electron chi connectivity index (χ0n) is 26.5. The molecule has 1 saturated heterocycles. The topological polar surface area (TPSA) is 264 Å². The van der Waals surface area contributed by atoms with Crippen molar-refractivity contribution in [3.63, 3.8) is 0 Å². The summed E-state index contributed by atoms with van der Waals surface area (Å²) < 4.78 is 17.2. The first-order valence-electron chi connectivity index (χ1n) is 15.4. The van der Waals surface area contributed by atoms with E-state index < -0.39 is 118 Å². The second kappa shape index (κ2) is 11.7. The number of rotatable bonds is 5. The van der Waals surface area contributed by atoms with E-state index in [1.807, 2.05) is 0 Å². The van der Waals surface area contributed by atoms with Crippen molar-refractivity contribution in [2.24, 2.45) is 17.6 Å². The molecule has 0 aromatic heterocycles. The molecule has 15 nitrogen and oxygen atoms in total. The minimum Gasteiger partial charge on any atom is -0.508 e. The minimum absolute atomic E-state index is 0.0959. The molecule has 4 aliphatic rings. The third-order valence-corrected chi connectivity index (χ3v) is 10.4. The summed E-state index contributed by atoms with van der Waals surface area (Å²) in [4.78, 5) is 53.7. The fraction of sp³-hybridized carbons (Fsp3) is 0.412. The molecule has 0 radical (unpaired) electrons. The Morgan fingerprint density at radius 3 is 2.31 bits per heavy atom. The van der Waals surface area contributed by atoms with Gasteiger partial charge in [-0.1, -0.05) is 24.3 Å². The lowest BCUT2D eigenvalue weighted by atomic mass is 9.55. The average molecular weight is 682 g/mol. The van der Waals surface area contributed by atoms with Crippen LogP contribution in [0.4, 0.5) is 0 Å². The molecule has 1 heterocycles. The molecular formula is C34H35NO14. The van der Waals surface area contributed by atoms with Crippen molar-refractivity contribution in [1.82, 2.24) is 0 Å². The quantitative estimate of drug-likeness (QED) is 0.161. The minimum atomic E-state index is -3.15. The lowest BCUT2D eigenvalue weighted by Crippen LogP contribution is -2.65. The number of carbonyl (C=O) groups is 4. The average Bonchev–Trinajstić information content (AvgIpc) is 3.05. The predicted octanol–water partition coefficient (Wildman–Crippen LogP) is 0.856. The molecule has 2 fully saturated rings. The summed E-state index contributed by atoms with van der Waals surface area (Å²) in [5.74, 6) is -11.8. The number of hydrogen-bond acceptors (Lipinski definition) is 14. The van der Waals surface area contributed by atoms with Gasteiger partial charge in [-0.3, -0.25) is 14.4 Å². The Morgan fingerprint density at radius 1 is 1.02 bits per heavy atom. The van der Waals surface area contributed by atoms with E-state index in [1.54, 1.807) is 0 Å². The number of phenolic OH excluding ortho intramolecular Hbond substituents is 2. The maximum absolute atomic E-state index is 14.5. The summed E-state index contributed by atoms with van der Waals surface area (Å²) in [7, 11) is 1.29. The Bertz CT molecular complexity index is 1850. The number of methoxy groups -OCH3 is 1. The molecule has 1 saturated carbocycles. The van der Waals surface area contributed by atoms with E-state index in [4.69, 9.17) is 19.9 Å². The van der Waals surface area contributed by atoms with E-state index in [0.29, 0.717) is 0 Å². The zero-order valence-corrected chi connectivity index (χ0v) is 26.5. The normalized spacial score (nSPS) is 34.2. The molecule has 2 aromatic carbocycles. The van der Waals surface area contributed by atoms with E-state index >= 15 is 0 Å². The van der Waals surface area contributed by atoms with Crippen molar-refractivity contribution in [3.8, 4) is 11.5 Å². The summed E-state index contributed by atoms with van der Waals surface area (Å²) in [6.07, 6.45) is -6.85. The fourth-order valence-corrected chi connectivity index (χ4v) is 7.67. The van der Waals surface area contributed by atoms with Crippen LogP contribution in [0.15, 0.2) is 53.3 Å². The largest absolute Gasteiger partial charge is 0.508 e. The lowest BCUT2D eigenvalue weighted by molar-refractivity contribution is -0.167. The molecule has 9 atom stereocenters. The van der Waals surface area contributed by atoms with Gasteiger partial charge < -0.3 is 55.7 Å². The number of primary amides is 1. The second-order valence-electron chi connectivity index (χ2n) is 12.9. The number of amides is 1.